The summed E-state index contributed by atoms with van der Waals surface area (Å²) in [6, 6.07) is 11.4. The van der Waals surface area contributed by atoms with Crippen LogP contribution < -0.4 is 10.2 Å². The fourth-order valence-electron chi connectivity index (χ4n) is 4.37. The van der Waals surface area contributed by atoms with Gasteiger partial charge in [0, 0.05) is 12.2 Å². The van der Waals surface area contributed by atoms with Gasteiger partial charge in [0.2, 0.25) is 5.91 Å². The molecule has 2 amide bonds. The third kappa shape index (κ3) is 4.40. The second kappa shape index (κ2) is 9.15. The van der Waals surface area contributed by atoms with Crippen LogP contribution in [0.15, 0.2) is 47.1 Å². The lowest BCUT2D eigenvalue weighted by Crippen LogP contribution is -2.43. The average molecular weight is 410 g/mol. The van der Waals surface area contributed by atoms with Crippen LogP contribution in [-0.2, 0) is 32.1 Å². The summed E-state index contributed by atoms with van der Waals surface area (Å²) in [5.41, 5.74) is 2.10. The molecule has 2 heterocycles. The Bertz CT molecular complexity index is 908. The number of fused-ring (bicyclic) bond motifs is 1. The highest BCUT2D eigenvalue weighted by Gasteiger charge is 2.40. The molecule has 2 aliphatic rings. The zero-order valence-electron chi connectivity index (χ0n) is 16.8. The molecule has 1 aromatic heterocycles. The molecule has 2 atom stereocenters. The quantitative estimate of drug-likeness (QED) is 0.740. The van der Waals surface area contributed by atoms with E-state index in [1.807, 2.05) is 29.2 Å². The molecule has 1 fully saturated rings. The van der Waals surface area contributed by atoms with E-state index in [1.54, 1.807) is 12.1 Å². The normalized spacial score (nSPS) is 20.5. The summed E-state index contributed by atoms with van der Waals surface area (Å²) in [7, 11) is 0. The van der Waals surface area contributed by atoms with Crippen LogP contribution in [-0.4, -0.2) is 30.9 Å². The van der Waals surface area contributed by atoms with Crippen LogP contribution in [0.5, 0.6) is 0 Å². The summed E-state index contributed by atoms with van der Waals surface area (Å²) < 4.78 is 10.4. The Labute approximate surface area is 175 Å². The number of amides is 2. The number of carbonyl (C=O) groups excluding carboxylic acids is 3. The Morgan fingerprint density at radius 3 is 2.67 bits per heavy atom. The molecule has 4 rings (SSSR count). The number of furan rings is 1. The molecular formula is C23H26N2O5. The van der Waals surface area contributed by atoms with Crippen LogP contribution in [0.1, 0.15) is 37.0 Å². The van der Waals surface area contributed by atoms with Crippen molar-refractivity contribution in [3.8, 4) is 0 Å². The van der Waals surface area contributed by atoms with Crippen LogP contribution in [0.4, 0.5) is 5.69 Å². The molecule has 0 bridgehead atoms. The van der Waals surface area contributed by atoms with Crippen molar-refractivity contribution in [3.63, 3.8) is 0 Å². The van der Waals surface area contributed by atoms with Crippen LogP contribution >= 0.6 is 0 Å². The largest absolute Gasteiger partial charge is 0.467 e. The number of carbonyl (C=O) groups is 3. The van der Waals surface area contributed by atoms with Gasteiger partial charge in [-0.1, -0.05) is 31.0 Å². The van der Waals surface area contributed by atoms with Crippen molar-refractivity contribution in [2.75, 3.05) is 18.1 Å². The van der Waals surface area contributed by atoms with E-state index in [1.165, 1.54) is 6.26 Å². The second-order valence-corrected chi connectivity index (χ2v) is 7.83. The van der Waals surface area contributed by atoms with Crippen molar-refractivity contribution < 1.29 is 23.5 Å². The van der Waals surface area contributed by atoms with E-state index in [4.69, 9.17) is 9.15 Å². The molecule has 1 aliphatic heterocycles. The lowest BCUT2D eigenvalue weighted by atomic mass is 9.78. The Morgan fingerprint density at radius 2 is 1.87 bits per heavy atom. The van der Waals surface area contributed by atoms with Crippen molar-refractivity contribution in [1.82, 2.24) is 5.32 Å². The predicted octanol–water partition coefficient (Wildman–Crippen LogP) is 2.83. The van der Waals surface area contributed by atoms with Gasteiger partial charge in [-0.3, -0.25) is 14.4 Å². The highest BCUT2D eigenvalue weighted by molar-refractivity contribution is 5.99. The molecule has 7 heteroatoms. The number of hydrogen-bond acceptors (Lipinski definition) is 5. The first-order valence-electron chi connectivity index (χ1n) is 10.5. The molecule has 0 radical (unpaired) electrons. The maximum Gasteiger partial charge on any atom is 0.310 e. The molecule has 2 aromatic rings. The Kier molecular flexibility index (Phi) is 6.16. The van der Waals surface area contributed by atoms with Crippen LogP contribution in [0.2, 0.25) is 0 Å². The van der Waals surface area contributed by atoms with Gasteiger partial charge in [-0.05, 0) is 43.0 Å². The van der Waals surface area contributed by atoms with E-state index < -0.39 is 23.7 Å². The van der Waals surface area contributed by atoms with E-state index in [2.05, 4.69) is 5.32 Å². The molecule has 30 heavy (non-hydrogen) atoms. The topological polar surface area (TPSA) is 88.9 Å². The van der Waals surface area contributed by atoms with Gasteiger partial charge in [-0.15, -0.1) is 0 Å². The van der Waals surface area contributed by atoms with Crippen molar-refractivity contribution >= 4 is 23.5 Å². The van der Waals surface area contributed by atoms with Gasteiger partial charge in [0.15, 0.2) is 6.61 Å². The van der Waals surface area contributed by atoms with Gasteiger partial charge >= 0.3 is 5.97 Å². The van der Waals surface area contributed by atoms with Crippen molar-refractivity contribution in [2.45, 2.75) is 38.6 Å². The third-order valence-corrected chi connectivity index (χ3v) is 5.92. The summed E-state index contributed by atoms with van der Waals surface area (Å²) in [6.45, 7) is 0.525. The first kappa shape index (κ1) is 20.2. The molecule has 0 saturated heterocycles. The summed E-state index contributed by atoms with van der Waals surface area (Å²) in [5, 5.41) is 2.65. The number of esters is 1. The molecule has 1 N–H and O–H groups in total. The van der Waals surface area contributed by atoms with E-state index in [0.717, 1.165) is 30.5 Å². The first-order chi connectivity index (χ1) is 14.6. The van der Waals surface area contributed by atoms with Crippen LogP contribution in [0.3, 0.4) is 0 Å². The maximum absolute atomic E-state index is 13.3. The lowest BCUT2D eigenvalue weighted by molar-refractivity contribution is -0.157. The second-order valence-electron chi connectivity index (χ2n) is 7.83. The number of rotatable bonds is 6. The number of hydrogen-bond donors (Lipinski definition) is 1. The van der Waals surface area contributed by atoms with Gasteiger partial charge in [0.1, 0.15) is 5.76 Å². The molecule has 7 nitrogen and oxygen atoms in total. The summed E-state index contributed by atoms with van der Waals surface area (Å²) in [5.74, 6) is -1.15. The van der Waals surface area contributed by atoms with E-state index in [9.17, 15) is 14.4 Å². The van der Waals surface area contributed by atoms with Gasteiger partial charge in [-0.2, -0.15) is 0 Å². The highest BCUT2D eigenvalue weighted by Crippen LogP contribution is 2.36. The minimum Gasteiger partial charge on any atom is -0.467 e. The molecule has 0 unspecified atom stereocenters. The highest BCUT2D eigenvalue weighted by atomic mass is 16.5. The number of anilines is 1. The predicted molar refractivity (Wildman–Crippen MR) is 109 cm³/mol. The van der Waals surface area contributed by atoms with Gasteiger partial charge in [-0.25, -0.2) is 0 Å². The minimum atomic E-state index is -0.503. The number of nitrogens with one attached hydrogen (secondary N) is 1. The number of nitrogens with zero attached hydrogens (tertiary/aromatic N) is 1. The maximum atomic E-state index is 13.3. The smallest absolute Gasteiger partial charge is 0.310 e. The van der Waals surface area contributed by atoms with E-state index in [-0.39, 0.29) is 19.1 Å². The Balaban J connectivity index is 1.34. The van der Waals surface area contributed by atoms with Crippen molar-refractivity contribution in [2.24, 2.45) is 11.8 Å². The molecule has 158 valence electrons. The number of ether oxygens (including phenoxy) is 1. The molecule has 1 aromatic carbocycles. The van der Waals surface area contributed by atoms with E-state index >= 15 is 0 Å². The van der Waals surface area contributed by atoms with Gasteiger partial charge < -0.3 is 19.4 Å². The zero-order chi connectivity index (χ0) is 20.9. The van der Waals surface area contributed by atoms with Crippen LogP contribution in [0.25, 0.3) is 0 Å². The molecular weight excluding hydrogens is 384 g/mol. The first-order valence-corrected chi connectivity index (χ1v) is 10.5. The zero-order valence-corrected chi connectivity index (χ0v) is 16.8. The molecule has 0 spiro atoms. The average Bonchev–Trinajstić information content (AvgIpc) is 3.45. The monoisotopic (exact) mass is 410 g/mol. The SMILES string of the molecule is O=C(COC(=O)[C@H]1CCCC[C@@H]1C(=O)N1CCc2ccccc21)NCc1ccco1. The Hall–Kier alpha value is -3.09. The Morgan fingerprint density at radius 1 is 1.07 bits per heavy atom. The number of benzene rings is 1. The standard InChI is InChI=1S/C23H26N2O5/c26-21(24-14-17-7-5-13-29-17)15-30-23(28)19-9-3-2-8-18(19)22(27)25-12-11-16-6-1-4-10-20(16)25/h1,4-7,10,13,18-19H,2-3,8-9,11-12,14-15H2,(H,24,26)/t18-,19-/m0/s1. The molecule has 1 saturated carbocycles. The van der Waals surface area contributed by atoms with Crippen LogP contribution in [0, 0.1) is 11.8 Å². The van der Waals surface area contributed by atoms with Crippen molar-refractivity contribution in [1.29, 1.82) is 0 Å². The number of para-hydroxylation sites is 1. The van der Waals surface area contributed by atoms with Crippen molar-refractivity contribution in [3.05, 3.63) is 54.0 Å². The summed E-state index contributed by atoms with van der Waals surface area (Å²) in [4.78, 5) is 39.8. The summed E-state index contributed by atoms with van der Waals surface area (Å²) >= 11 is 0. The lowest BCUT2D eigenvalue weighted by Gasteiger charge is -2.32. The minimum absolute atomic E-state index is 0.0103. The summed E-state index contributed by atoms with van der Waals surface area (Å²) in [6.07, 6.45) is 5.44. The molecule has 1 aliphatic carbocycles. The third-order valence-electron chi connectivity index (χ3n) is 5.92. The fraction of sp³-hybridized carbons (Fsp3) is 0.435. The van der Waals surface area contributed by atoms with E-state index in [0.29, 0.717) is 25.1 Å². The van der Waals surface area contributed by atoms with Gasteiger partial charge in [0.25, 0.3) is 5.91 Å². The fourth-order valence-corrected chi connectivity index (χ4v) is 4.37. The van der Waals surface area contributed by atoms with Gasteiger partial charge in [0.05, 0.1) is 24.6 Å².